The molecule has 2 aliphatic heterocycles. The zero-order chi connectivity index (χ0) is 62.6. The number of carbonyl (C=O) groups excluding carboxylic acids is 8. The number of rotatable bonds is 31. The van der Waals surface area contributed by atoms with Gasteiger partial charge in [0.15, 0.2) is 36.2 Å². The summed E-state index contributed by atoms with van der Waals surface area (Å²) in [6.07, 6.45) is 4.21. The molecule has 86 heavy (non-hydrogen) atoms. The van der Waals surface area contributed by atoms with Gasteiger partial charge in [-0.25, -0.2) is 9.59 Å². The van der Waals surface area contributed by atoms with Gasteiger partial charge in [0.1, 0.15) is 35.8 Å². The quantitative estimate of drug-likeness (QED) is 0.0272. The number of carbonyl (C=O) groups is 8. The maximum atomic E-state index is 14.1. The van der Waals surface area contributed by atoms with Gasteiger partial charge in [-0.15, -0.1) is 0 Å². The van der Waals surface area contributed by atoms with Gasteiger partial charge in [0, 0.05) is 37.0 Å². The SMILES string of the molecule is CCC(C)(C)C(=O)C(=O)N1CCCC[C@H]1C(=O)O[C@H](CCc1ccc(OC)c(OC)c1)c1cccc(OCC(=O)NCCNC(=O)COc2cccc([C@@H](CCc3ccc(OC)c(OC)c3)OC(=O)[C@@H]3CCCCN3C(=O)C(=O)C(C)(C)CC)c2)c1. The summed E-state index contributed by atoms with van der Waals surface area (Å²) >= 11 is 0. The standard InChI is InChI=1S/C66H86N4O16/c1-11-65(3,4)59(73)61(75)69-35-15-13-23-49(69)63(77)85-51(29-25-43-27-31-53(79-7)55(37-43)81-9)45-19-17-21-47(39-45)83-41-57(71)67-33-34-68-58(72)42-84-48-22-18-20-46(40-48)52(30-26-44-28-32-54(80-8)56(38-44)82-10)86-64(78)50-24-14-16-36-70(50)62(76)60(74)66(5,6)12-2/h17-22,27-28,31-32,37-40,49-52H,11-16,23-26,29-30,33-36,41-42H2,1-10H3,(H,67,71)(H,68,72)/t49-,50-,51+,52+/m0/s1. The largest absolute Gasteiger partial charge is 0.493 e. The number of likely N-dealkylation sites (tertiary alicyclic amines) is 2. The number of hydrogen-bond donors (Lipinski definition) is 2. The van der Waals surface area contributed by atoms with Crippen LogP contribution in [0.15, 0.2) is 84.9 Å². The molecule has 2 heterocycles. The molecule has 4 aromatic rings. The van der Waals surface area contributed by atoms with E-state index >= 15 is 0 Å². The molecule has 20 nitrogen and oxygen atoms in total. The molecule has 0 radical (unpaired) electrons. The highest BCUT2D eigenvalue weighted by molar-refractivity contribution is 6.38. The zero-order valence-electron chi connectivity index (χ0n) is 51.5. The Bertz CT molecular complexity index is 2810. The van der Waals surface area contributed by atoms with E-state index < -0.39 is 82.3 Å². The minimum Gasteiger partial charge on any atom is -0.493 e. The number of Topliss-reactive ketones (excluding diaryl/α,β-unsaturated/α-hetero) is 2. The third-order valence-electron chi connectivity index (χ3n) is 16.2. The first-order valence-corrected chi connectivity index (χ1v) is 29.7. The smallest absolute Gasteiger partial charge is 0.329 e. The first-order chi connectivity index (χ1) is 41.2. The van der Waals surface area contributed by atoms with Gasteiger partial charge in [0.2, 0.25) is 11.6 Å². The Morgan fingerprint density at radius 1 is 0.512 bits per heavy atom. The van der Waals surface area contributed by atoms with Crippen molar-refractivity contribution in [2.75, 3.05) is 67.8 Å². The second-order valence-corrected chi connectivity index (χ2v) is 22.9. The first-order valence-electron chi connectivity index (χ1n) is 29.7. The number of benzene rings is 4. The molecule has 0 aromatic heterocycles. The zero-order valence-corrected chi connectivity index (χ0v) is 51.5. The molecular formula is C66H86N4O16. The van der Waals surface area contributed by atoms with Gasteiger partial charge in [-0.05, 0) is 148 Å². The first kappa shape index (κ1) is 67.0. The molecule has 6 rings (SSSR count). The Balaban J connectivity index is 1.05. The molecule has 2 fully saturated rings. The number of hydrogen-bond acceptors (Lipinski definition) is 16. The number of amides is 4. The second-order valence-electron chi connectivity index (χ2n) is 22.9. The number of esters is 2. The molecule has 0 unspecified atom stereocenters. The van der Waals surface area contributed by atoms with Crippen LogP contribution in [0.25, 0.3) is 0 Å². The number of nitrogens with one attached hydrogen (secondary N) is 2. The summed E-state index contributed by atoms with van der Waals surface area (Å²) in [5.74, 6) is -1.78. The number of methoxy groups -OCH3 is 4. The fourth-order valence-electron chi connectivity index (χ4n) is 10.1. The minimum atomic E-state index is -0.945. The molecule has 4 atom stereocenters. The van der Waals surface area contributed by atoms with E-state index in [0.717, 1.165) is 11.1 Å². The van der Waals surface area contributed by atoms with E-state index in [1.165, 1.54) is 9.80 Å². The van der Waals surface area contributed by atoms with Crippen molar-refractivity contribution in [2.45, 2.75) is 143 Å². The van der Waals surface area contributed by atoms with E-state index in [4.69, 9.17) is 37.9 Å². The summed E-state index contributed by atoms with van der Waals surface area (Å²) in [5.41, 5.74) is 1.17. The van der Waals surface area contributed by atoms with E-state index in [1.807, 2.05) is 38.1 Å². The van der Waals surface area contributed by atoms with Gasteiger partial charge < -0.3 is 58.3 Å². The molecule has 0 bridgehead atoms. The second kappa shape index (κ2) is 31.8. The highest BCUT2D eigenvalue weighted by Gasteiger charge is 2.43. The number of ketones is 2. The number of nitrogens with zero attached hydrogens (tertiary/aromatic N) is 2. The van der Waals surface area contributed by atoms with Gasteiger partial charge in [0.05, 0.1) is 28.4 Å². The predicted octanol–water partition coefficient (Wildman–Crippen LogP) is 8.62. The van der Waals surface area contributed by atoms with E-state index in [9.17, 15) is 38.4 Å². The molecule has 0 aliphatic carbocycles. The van der Waals surface area contributed by atoms with E-state index in [0.29, 0.717) is 123 Å². The van der Waals surface area contributed by atoms with Crippen molar-refractivity contribution >= 4 is 47.1 Å². The van der Waals surface area contributed by atoms with Crippen molar-refractivity contribution in [3.8, 4) is 34.5 Å². The van der Waals surface area contributed by atoms with Crippen molar-refractivity contribution in [1.82, 2.24) is 20.4 Å². The van der Waals surface area contributed by atoms with Gasteiger partial charge in [-0.2, -0.15) is 0 Å². The summed E-state index contributed by atoms with van der Waals surface area (Å²) in [5, 5.41) is 5.47. The summed E-state index contributed by atoms with van der Waals surface area (Å²) in [6.45, 7) is 10.5. The molecule has 4 amide bonds. The van der Waals surface area contributed by atoms with Crippen molar-refractivity contribution in [3.05, 3.63) is 107 Å². The maximum absolute atomic E-state index is 14.1. The van der Waals surface area contributed by atoms with Crippen LogP contribution in [-0.4, -0.2) is 137 Å². The van der Waals surface area contributed by atoms with Crippen LogP contribution < -0.4 is 39.1 Å². The molecule has 4 aromatic carbocycles. The van der Waals surface area contributed by atoms with Crippen LogP contribution in [0, 0.1) is 10.8 Å². The van der Waals surface area contributed by atoms with E-state index in [1.54, 1.807) is 117 Å². The molecule has 466 valence electrons. The normalized spacial score (nSPS) is 15.9. The number of aryl methyl sites for hydroxylation is 2. The minimum absolute atomic E-state index is 0.0709. The summed E-state index contributed by atoms with van der Waals surface area (Å²) < 4.78 is 46.2. The molecule has 0 saturated carbocycles. The lowest BCUT2D eigenvalue weighted by Crippen LogP contribution is -2.53. The molecule has 2 saturated heterocycles. The van der Waals surface area contributed by atoms with Crippen molar-refractivity contribution in [2.24, 2.45) is 10.8 Å². The topological polar surface area (TPSA) is 241 Å². The van der Waals surface area contributed by atoms with Crippen LogP contribution in [0.5, 0.6) is 34.5 Å². The van der Waals surface area contributed by atoms with Gasteiger partial charge in [0.25, 0.3) is 23.6 Å². The molecular weight excluding hydrogens is 1100 g/mol. The Labute approximate surface area is 505 Å². The fourth-order valence-corrected chi connectivity index (χ4v) is 10.1. The highest BCUT2D eigenvalue weighted by Crippen LogP contribution is 2.36. The third kappa shape index (κ3) is 18.2. The van der Waals surface area contributed by atoms with Crippen LogP contribution in [0.3, 0.4) is 0 Å². The highest BCUT2D eigenvalue weighted by atomic mass is 16.6. The fraction of sp³-hybridized carbons (Fsp3) is 0.515. The summed E-state index contributed by atoms with van der Waals surface area (Å²) in [6, 6.07) is 22.9. The van der Waals surface area contributed by atoms with Crippen LogP contribution >= 0.6 is 0 Å². The van der Waals surface area contributed by atoms with Crippen LogP contribution in [0.2, 0.25) is 0 Å². The van der Waals surface area contributed by atoms with Gasteiger partial charge in [-0.3, -0.25) is 28.8 Å². The van der Waals surface area contributed by atoms with Crippen molar-refractivity contribution in [3.63, 3.8) is 0 Å². The lowest BCUT2D eigenvalue weighted by molar-refractivity contribution is -0.165. The van der Waals surface area contributed by atoms with Crippen molar-refractivity contribution in [1.29, 1.82) is 0 Å². The van der Waals surface area contributed by atoms with Gasteiger partial charge >= 0.3 is 11.9 Å². The molecule has 2 aliphatic rings. The van der Waals surface area contributed by atoms with Crippen molar-refractivity contribution < 1.29 is 76.3 Å². The Morgan fingerprint density at radius 3 is 1.26 bits per heavy atom. The monoisotopic (exact) mass is 1190 g/mol. The number of ether oxygens (including phenoxy) is 8. The Hall–Kier alpha value is -8.16. The lowest BCUT2D eigenvalue weighted by atomic mass is 9.84. The molecule has 0 spiro atoms. The van der Waals surface area contributed by atoms with Gasteiger partial charge in [-0.1, -0.05) is 77.9 Å². The lowest BCUT2D eigenvalue weighted by Gasteiger charge is -2.36. The Kier molecular flexibility index (Phi) is 24.8. The Morgan fingerprint density at radius 2 is 0.895 bits per heavy atom. The molecule has 2 N–H and O–H groups in total. The van der Waals surface area contributed by atoms with E-state index in [-0.39, 0.29) is 39.4 Å². The third-order valence-corrected chi connectivity index (χ3v) is 16.2. The van der Waals surface area contributed by atoms with Crippen LogP contribution in [0.4, 0.5) is 0 Å². The summed E-state index contributed by atoms with van der Waals surface area (Å²) in [4.78, 5) is 111. The average Bonchev–Trinajstić information content (AvgIpc) is 2.52. The van der Waals surface area contributed by atoms with Crippen LogP contribution in [0.1, 0.15) is 140 Å². The van der Waals surface area contributed by atoms with E-state index in [2.05, 4.69) is 10.6 Å². The summed E-state index contributed by atoms with van der Waals surface area (Å²) in [7, 11) is 6.19. The maximum Gasteiger partial charge on any atom is 0.329 e. The number of piperidine rings is 2. The molecule has 20 heteroatoms. The van der Waals surface area contributed by atoms with Crippen LogP contribution in [-0.2, 0) is 60.7 Å². The average molecular weight is 1190 g/mol. The predicted molar refractivity (Wildman–Crippen MR) is 320 cm³/mol.